The van der Waals surface area contributed by atoms with Gasteiger partial charge in [-0.05, 0) is 17.5 Å². The van der Waals surface area contributed by atoms with Crippen molar-refractivity contribution in [3.63, 3.8) is 0 Å². The normalized spacial score (nSPS) is 12.9. The number of nitrogens with one attached hydrogen (secondary N) is 1. The van der Waals surface area contributed by atoms with Crippen molar-refractivity contribution < 1.29 is 9.59 Å². The van der Waals surface area contributed by atoms with E-state index in [4.69, 9.17) is 11.5 Å². The van der Waals surface area contributed by atoms with E-state index in [1.807, 2.05) is 20.8 Å². The summed E-state index contributed by atoms with van der Waals surface area (Å²) in [5, 5.41) is 2.63. The van der Waals surface area contributed by atoms with Crippen molar-refractivity contribution in [1.29, 1.82) is 0 Å². The highest BCUT2D eigenvalue weighted by molar-refractivity contribution is 6.04. The third-order valence-electron chi connectivity index (χ3n) is 2.67. The molecule has 0 bridgehead atoms. The predicted octanol–water partition coefficient (Wildman–Crippen LogP) is 1.10. The van der Waals surface area contributed by atoms with Gasteiger partial charge in [0.2, 0.25) is 5.91 Å². The molecule has 1 aromatic carbocycles. The first-order valence-electron chi connectivity index (χ1n) is 5.68. The zero-order valence-electron chi connectivity index (χ0n) is 10.9. The number of benzene rings is 1. The lowest BCUT2D eigenvalue weighted by atomic mass is 9.87. The third-order valence-corrected chi connectivity index (χ3v) is 2.67. The summed E-state index contributed by atoms with van der Waals surface area (Å²) in [5.74, 6) is -0.925. The van der Waals surface area contributed by atoms with Crippen LogP contribution in [0.2, 0.25) is 0 Å². The van der Waals surface area contributed by atoms with Gasteiger partial charge in [-0.1, -0.05) is 32.9 Å². The van der Waals surface area contributed by atoms with Crippen LogP contribution in [-0.2, 0) is 4.79 Å². The molecule has 5 nitrogen and oxygen atoms in total. The smallest absolute Gasteiger partial charge is 0.250 e. The number of hydrogen-bond acceptors (Lipinski definition) is 3. The fourth-order valence-electron chi connectivity index (χ4n) is 1.41. The van der Waals surface area contributed by atoms with Crippen LogP contribution >= 0.6 is 0 Å². The van der Waals surface area contributed by atoms with Gasteiger partial charge >= 0.3 is 0 Å². The Morgan fingerprint density at radius 1 is 1.22 bits per heavy atom. The van der Waals surface area contributed by atoms with E-state index in [0.717, 1.165) is 0 Å². The number of primary amides is 1. The fraction of sp³-hybridized carbons (Fsp3) is 0.385. The molecule has 0 heterocycles. The van der Waals surface area contributed by atoms with Crippen molar-refractivity contribution in [2.75, 3.05) is 5.32 Å². The summed E-state index contributed by atoms with van der Waals surface area (Å²) >= 11 is 0. The van der Waals surface area contributed by atoms with Gasteiger partial charge in [0.1, 0.15) is 0 Å². The Labute approximate surface area is 107 Å². The van der Waals surface area contributed by atoms with Crippen LogP contribution in [0.15, 0.2) is 24.3 Å². The number of nitrogens with two attached hydrogens (primary N) is 2. The van der Waals surface area contributed by atoms with Crippen LogP contribution in [0.4, 0.5) is 5.69 Å². The molecule has 98 valence electrons. The van der Waals surface area contributed by atoms with Crippen molar-refractivity contribution in [2.45, 2.75) is 26.8 Å². The molecular formula is C13H19N3O2. The largest absolute Gasteiger partial charge is 0.366 e. The second-order valence-electron chi connectivity index (χ2n) is 5.24. The molecule has 0 aliphatic rings. The first kappa shape index (κ1) is 14.2. The minimum atomic E-state index is -0.668. The van der Waals surface area contributed by atoms with Gasteiger partial charge in [0.15, 0.2) is 0 Å². The van der Waals surface area contributed by atoms with E-state index in [0.29, 0.717) is 5.69 Å². The zero-order valence-corrected chi connectivity index (χ0v) is 10.9. The summed E-state index contributed by atoms with van der Waals surface area (Å²) in [7, 11) is 0. The second kappa shape index (κ2) is 5.18. The summed E-state index contributed by atoms with van der Waals surface area (Å²) < 4.78 is 0. The van der Waals surface area contributed by atoms with Crippen molar-refractivity contribution in [3.8, 4) is 0 Å². The lowest BCUT2D eigenvalue weighted by Gasteiger charge is -2.26. The Bertz CT molecular complexity index is 464. The summed E-state index contributed by atoms with van der Waals surface area (Å²) in [5.41, 5.74) is 11.4. The van der Waals surface area contributed by atoms with Crippen LogP contribution < -0.4 is 16.8 Å². The number of hydrogen-bond donors (Lipinski definition) is 3. The molecule has 5 N–H and O–H groups in total. The van der Waals surface area contributed by atoms with Gasteiger partial charge in [0.05, 0.1) is 17.3 Å². The molecule has 0 spiro atoms. The molecule has 0 saturated heterocycles. The molecule has 0 fully saturated rings. The van der Waals surface area contributed by atoms with E-state index in [9.17, 15) is 9.59 Å². The highest BCUT2D eigenvalue weighted by atomic mass is 16.2. The Hall–Kier alpha value is -1.88. The van der Waals surface area contributed by atoms with Gasteiger partial charge < -0.3 is 16.8 Å². The third kappa shape index (κ3) is 3.30. The molecule has 5 heteroatoms. The second-order valence-corrected chi connectivity index (χ2v) is 5.24. The standard InChI is InChI=1S/C13H19N3O2/c1-13(2,3)10(14)12(18)16-9-7-5-4-6-8(9)11(15)17/h4-7,10H,14H2,1-3H3,(H2,15,17)(H,16,18)/t10-/m0/s1. The summed E-state index contributed by atoms with van der Waals surface area (Å²) in [4.78, 5) is 23.2. The molecule has 0 aliphatic heterocycles. The van der Waals surface area contributed by atoms with Gasteiger partial charge in [0, 0.05) is 0 Å². The fourth-order valence-corrected chi connectivity index (χ4v) is 1.41. The lowest BCUT2D eigenvalue weighted by Crippen LogP contribution is -2.45. The van der Waals surface area contributed by atoms with Crippen molar-refractivity contribution in [2.24, 2.45) is 16.9 Å². The number of rotatable bonds is 3. The molecule has 0 radical (unpaired) electrons. The van der Waals surface area contributed by atoms with Gasteiger partial charge in [-0.3, -0.25) is 9.59 Å². The number of amides is 2. The van der Waals surface area contributed by atoms with Crippen LogP contribution in [0.25, 0.3) is 0 Å². The van der Waals surface area contributed by atoms with E-state index in [1.54, 1.807) is 24.3 Å². The quantitative estimate of drug-likeness (QED) is 0.748. The maximum Gasteiger partial charge on any atom is 0.250 e. The van der Waals surface area contributed by atoms with Crippen molar-refractivity contribution in [3.05, 3.63) is 29.8 Å². The summed E-state index contributed by atoms with van der Waals surface area (Å²) in [6, 6.07) is 5.90. The molecule has 1 rings (SSSR count). The maximum absolute atomic E-state index is 11.9. The van der Waals surface area contributed by atoms with E-state index in [1.165, 1.54) is 0 Å². The molecule has 1 atom stereocenters. The lowest BCUT2D eigenvalue weighted by molar-refractivity contribution is -0.119. The van der Waals surface area contributed by atoms with E-state index in [2.05, 4.69) is 5.32 Å². The van der Waals surface area contributed by atoms with E-state index < -0.39 is 11.9 Å². The Morgan fingerprint density at radius 3 is 2.28 bits per heavy atom. The Morgan fingerprint density at radius 2 is 1.78 bits per heavy atom. The van der Waals surface area contributed by atoms with E-state index >= 15 is 0 Å². The first-order valence-corrected chi connectivity index (χ1v) is 5.68. The Kier molecular flexibility index (Phi) is 4.08. The molecule has 18 heavy (non-hydrogen) atoms. The number of anilines is 1. The van der Waals surface area contributed by atoms with E-state index in [-0.39, 0.29) is 16.9 Å². The topological polar surface area (TPSA) is 98.2 Å². The number of carbonyl (C=O) groups excluding carboxylic acids is 2. The number of para-hydroxylation sites is 1. The molecular weight excluding hydrogens is 230 g/mol. The molecule has 0 aromatic heterocycles. The minimum Gasteiger partial charge on any atom is -0.366 e. The average Bonchev–Trinajstić information content (AvgIpc) is 2.27. The first-order chi connectivity index (χ1) is 8.23. The Balaban J connectivity index is 2.92. The van der Waals surface area contributed by atoms with Crippen molar-refractivity contribution in [1.82, 2.24) is 0 Å². The predicted molar refractivity (Wildman–Crippen MR) is 71.0 cm³/mol. The summed E-state index contributed by atoms with van der Waals surface area (Å²) in [6.07, 6.45) is 0. The van der Waals surface area contributed by atoms with Crippen LogP contribution in [0, 0.1) is 5.41 Å². The number of carbonyl (C=O) groups is 2. The molecule has 1 aromatic rings. The molecule has 0 aliphatic carbocycles. The highest BCUT2D eigenvalue weighted by Crippen LogP contribution is 2.20. The SMILES string of the molecule is CC(C)(C)[C@@H](N)C(=O)Nc1ccccc1C(N)=O. The summed E-state index contributed by atoms with van der Waals surface area (Å²) in [6.45, 7) is 5.62. The van der Waals surface area contributed by atoms with Crippen LogP contribution in [0.1, 0.15) is 31.1 Å². The minimum absolute atomic E-state index is 0.270. The van der Waals surface area contributed by atoms with Crippen molar-refractivity contribution >= 4 is 17.5 Å². The van der Waals surface area contributed by atoms with Crippen LogP contribution in [0.3, 0.4) is 0 Å². The van der Waals surface area contributed by atoms with Gasteiger partial charge in [-0.15, -0.1) is 0 Å². The van der Waals surface area contributed by atoms with Crippen LogP contribution in [-0.4, -0.2) is 17.9 Å². The molecule has 2 amide bonds. The van der Waals surface area contributed by atoms with Gasteiger partial charge in [-0.25, -0.2) is 0 Å². The monoisotopic (exact) mass is 249 g/mol. The average molecular weight is 249 g/mol. The molecule has 0 saturated carbocycles. The molecule has 0 unspecified atom stereocenters. The van der Waals surface area contributed by atoms with Gasteiger partial charge in [0.25, 0.3) is 5.91 Å². The zero-order chi connectivity index (χ0) is 13.9. The van der Waals surface area contributed by atoms with Crippen LogP contribution in [0.5, 0.6) is 0 Å². The highest BCUT2D eigenvalue weighted by Gasteiger charge is 2.27. The van der Waals surface area contributed by atoms with Gasteiger partial charge in [-0.2, -0.15) is 0 Å². The maximum atomic E-state index is 11.9.